The molecule has 0 radical (unpaired) electrons. The van der Waals surface area contributed by atoms with Gasteiger partial charge >= 0.3 is 0 Å². The molecule has 9 aromatic carbocycles. The second-order valence-corrected chi connectivity index (χ2v) is 16.3. The highest BCUT2D eigenvalue weighted by Gasteiger charge is 2.44. The number of fused-ring (bicyclic) bond motifs is 11. The zero-order chi connectivity index (χ0) is 40.7. The van der Waals surface area contributed by atoms with Crippen molar-refractivity contribution in [3.63, 3.8) is 0 Å². The first-order chi connectivity index (χ1) is 30.7. The van der Waals surface area contributed by atoms with E-state index in [1.807, 2.05) is 24.3 Å². The van der Waals surface area contributed by atoms with Crippen molar-refractivity contribution >= 4 is 60.4 Å². The minimum Gasteiger partial charge on any atom is -0.454 e. The van der Waals surface area contributed by atoms with Crippen molar-refractivity contribution in [1.82, 2.24) is 15.0 Å². The highest BCUT2D eigenvalue weighted by molar-refractivity contribution is 6.15. The molecule has 0 saturated carbocycles. The predicted octanol–water partition coefficient (Wildman–Crippen LogP) is 14.2. The number of rotatable bonds is 5. The summed E-state index contributed by atoms with van der Waals surface area (Å²) in [6.45, 7) is 0. The summed E-state index contributed by atoms with van der Waals surface area (Å²) in [5.74, 6) is 1.94. The first-order valence-electron chi connectivity index (χ1n) is 21.2. The Hall–Kier alpha value is -8.15. The lowest BCUT2D eigenvalue weighted by Crippen LogP contribution is -2.31. The van der Waals surface area contributed by atoms with Crippen LogP contribution in [-0.4, -0.2) is 21.0 Å². The van der Waals surface area contributed by atoms with Crippen LogP contribution in [0.4, 0.5) is 11.4 Å². The highest BCUT2D eigenvalue weighted by atomic mass is 16.3. The third-order valence-electron chi connectivity index (χ3n) is 12.8. The number of furan rings is 1. The third-order valence-corrected chi connectivity index (χ3v) is 12.8. The smallest absolute Gasteiger partial charge is 0.164 e. The maximum Gasteiger partial charge on any atom is 0.164 e. The molecule has 5 nitrogen and oxygen atoms in total. The van der Waals surface area contributed by atoms with Crippen molar-refractivity contribution in [2.75, 3.05) is 4.90 Å². The van der Waals surface area contributed by atoms with Gasteiger partial charge in [0.1, 0.15) is 5.58 Å². The quantitative estimate of drug-likeness (QED) is 0.174. The van der Waals surface area contributed by atoms with Crippen LogP contribution in [0.1, 0.15) is 28.2 Å². The number of nitrogens with zero attached hydrogens (tertiary/aromatic N) is 4. The van der Waals surface area contributed by atoms with E-state index in [4.69, 9.17) is 19.4 Å². The minimum absolute atomic E-state index is 0.0133. The van der Waals surface area contributed by atoms with Crippen molar-refractivity contribution in [2.45, 2.75) is 12.0 Å². The van der Waals surface area contributed by atoms with Crippen LogP contribution in [-0.2, 0) is 0 Å². The van der Waals surface area contributed by atoms with Gasteiger partial charge in [-0.25, -0.2) is 15.0 Å². The first kappa shape index (κ1) is 34.7. The van der Waals surface area contributed by atoms with Crippen molar-refractivity contribution in [1.29, 1.82) is 0 Å². The zero-order valence-electron chi connectivity index (χ0n) is 33.5. The van der Waals surface area contributed by atoms with E-state index in [1.165, 1.54) is 49.7 Å². The number of hydrogen-bond acceptors (Lipinski definition) is 5. The van der Waals surface area contributed by atoms with Gasteiger partial charge in [0.2, 0.25) is 0 Å². The zero-order valence-corrected chi connectivity index (χ0v) is 33.5. The van der Waals surface area contributed by atoms with Gasteiger partial charge < -0.3 is 9.32 Å². The van der Waals surface area contributed by atoms with E-state index >= 15 is 0 Å². The molecule has 62 heavy (non-hydrogen) atoms. The molecule has 2 aliphatic rings. The van der Waals surface area contributed by atoms with Gasteiger partial charge in [-0.15, -0.1) is 0 Å². The van der Waals surface area contributed by atoms with Crippen LogP contribution in [0.3, 0.4) is 0 Å². The molecule has 0 spiro atoms. The Morgan fingerprint density at radius 1 is 0.435 bits per heavy atom. The van der Waals surface area contributed by atoms with Gasteiger partial charge in [0.15, 0.2) is 23.1 Å². The van der Waals surface area contributed by atoms with Crippen LogP contribution in [0, 0.1) is 0 Å². The van der Waals surface area contributed by atoms with Crippen molar-refractivity contribution < 1.29 is 4.42 Å². The molecule has 0 bridgehead atoms. The van der Waals surface area contributed by atoms with Gasteiger partial charge in [-0.2, -0.15) is 0 Å². The second kappa shape index (κ2) is 13.7. The largest absolute Gasteiger partial charge is 0.454 e. The van der Waals surface area contributed by atoms with Crippen LogP contribution < -0.4 is 4.90 Å². The van der Waals surface area contributed by atoms with Gasteiger partial charge in [0.05, 0.1) is 11.7 Å². The van der Waals surface area contributed by atoms with Crippen molar-refractivity contribution in [3.8, 4) is 34.2 Å². The fraction of sp³-hybridized carbons (Fsp3) is 0.0351. The molecule has 13 rings (SSSR count). The Balaban J connectivity index is 1.04. The molecule has 11 aromatic rings. The number of hydrogen-bond donors (Lipinski definition) is 0. The van der Waals surface area contributed by atoms with E-state index < -0.39 is 0 Å². The van der Waals surface area contributed by atoms with E-state index in [1.54, 1.807) is 0 Å². The van der Waals surface area contributed by atoms with Gasteiger partial charge in [0, 0.05) is 39.1 Å². The molecule has 0 fully saturated rings. The monoisotopic (exact) mass is 792 g/mol. The fourth-order valence-corrected chi connectivity index (χ4v) is 10.1. The summed E-state index contributed by atoms with van der Waals surface area (Å²) in [7, 11) is 0. The fourth-order valence-electron chi connectivity index (χ4n) is 10.1. The van der Waals surface area contributed by atoms with Crippen LogP contribution >= 0.6 is 0 Å². The Morgan fingerprint density at radius 3 is 1.94 bits per heavy atom. The first-order valence-corrected chi connectivity index (χ1v) is 21.2. The van der Waals surface area contributed by atoms with Crippen LogP contribution in [0.2, 0.25) is 0 Å². The number of aromatic nitrogens is 3. The molecule has 290 valence electrons. The molecule has 3 heterocycles. The Morgan fingerprint density at radius 2 is 1.08 bits per heavy atom. The molecule has 2 atom stereocenters. The van der Waals surface area contributed by atoms with E-state index in [9.17, 15) is 0 Å². The summed E-state index contributed by atoms with van der Waals surface area (Å²) in [6.07, 6.45) is 2.49. The molecule has 1 aliphatic carbocycles. The van der Waals surface area contributed by atoms with E-state index in [0.717, 1.165) is 49.7 Å². The number of para-hydroxylation sites is 1. The average molecular weight is 793 g/mol. The lowest BCUT2D eigenvalue weighted by atomic mass is 9.75. The minimum atomic E-state index is -0.0133. The maximum absolute atomic E-state index is 7.07. The summed E-state index contributed by atoms with van der Waals surface area (Å²) in [5, 5.41) is 6.81. The predicted molar refractivity (Wildman–Crippen MR) is 253 cm³/mol. The number of benzene rings is 9. The molecule has 0 N–H and O–H groups in total. The third kappa shape index (κ3) is 5.31. The molecule has 2 aromatic heterocycles. The summed E-state index contributed by atoms with van der Waals surface area (Å²) in [6, 6.07) is 70.8. The van der Waals surface area contributed by atoms with Crippen molar-refractivity contribution in [3.05, 3.63) is 229 Å². The normalized spacial score (nSPS) is 15.5. The topological polar surface area (TPSA) is 55.1 Å². The van der Waals surface area contributed by atoms with Crippen molar-refractivity contribution in [2.24, 2.45) is 0 Å². The lowest BCUT2D eigenvalue weighted by Gasteiger charge is -2.34. The van der Waals surface area contributed by atoms with Crippen LogP contribution in [0.25, 0.3) is 83.2 Å². The molecule has 0 saturated heterocycles. The molecule has 0 amide bonds. The lowest BCUT2D eigenvalue weighted by molar-refractivity contribution is 0.662. The Labute approximate surface area is 357 Å². The van der Waals surface area contributed by atoms with E-state index in [2.05, 4.69) is 187 Å². The average Bonchev–Trinajstić information content (AvgIpc) is 3.90. The van der Waals surface area contributed by atoms with Gasteiger partial charge in [0.25, 0.3) is 0 Å². The molecule has 2 unspecified atom stereocenters. The number of anilines is 2. The molecular formula is C57H36N4O. The molecule has 1 aliphatic heterocycles. The van der Waals surface area contributed by atoms with E-state index in [-0.39, 0.29) is 12.0 Å². The summed E-state index contributed by atoms with van der Waals surface area (Å²) >= 11 is 0. The van der Waals surface area contributed by atoms with Gasteiger partial charge in [-0.1, -0.05) is 182 Å². The standard InChI is InChI=1S/C57H36N4O/c1-3-16-36(17-4-1)46-34-49-53(43-24-12-11-23-42(43)46)52-41-22-10-9-18-37(41)31-32-47(52)61(49)48-27-13-25-44-51-45(26-14-28-50(51)62-54(44)48)57-59-55(38-19-5-2-6-20-38)58-56(60-57)40-30-29-35-15-7-8-21-39(35)33-40/h1-34,49,53H. The highest BCUT2D eigenvalue weighted by Crippen LogP contribution is 2.56. The SMILES string of the molecule is C1=C(c2ccccc2)c2ccccc2C2c3c(ccc4ccccc34)N(c3cccc4c3oc3cccc(-c5nc(-c6ccccc6)nc(-c6ccc7ccccc7c6)n5)c34)C12. The summed E-state index contributed by atoms with van der Waals surface area (Å²) in [4.78, 5) is 18.0. The van der Waals surface area contributed by atoms with E-state index in [0.29, 0.717) is 17.5 Å². The van der Waals surface area contributed by atoms with Gasteiger partial charge in [-0.05, 0) is 73.6 Å². The molecule has 5 heteroatoms. The second-order valence-electron chi connectivity index (χ2n) is 16.3. The van der Waals surface area contributed by atoms with Crippen LogP contribution in [0.15, 0.2) is 211 Å². The Kier molecular flexibility index (Phi) is 7.66. The Bertz CT molecular complexity index is 3610. The van der Waals surface area contributed by atoms with Crippen LogP contribution in [0.5, 0.6) is 0 Å². The maximum atomic E-state index is 7.07. The summed E-state index contributed by atoms with van der Waals surface area (Å²) < 4.78 is 7.07. The summed E-state index contributed by atoms with van der Waals surface area (Å²) in [5.41, 5.74) is 13.0. The van der Waals surface area contributed by atoms with Gasteiger partial charge in [-0.3, -0.25) is 0 Å². The molecular weight excluding hydrogens is 757 g/mol.